The van der Waals surface area contributed by atoms with Crippen molar-refractivity contribution in [1.29, 1.82) is 0 Å². The monoisotopic (exact) mass is 343 g/mol. The third kappa shape index (κ3) is 4.83. The van der Waals surface area contributed by atoms with Crippen molar-refractivity contribution in [1.82, 2.24) is 15.1 Å². The molecule has 2 heterocycles. The number of nitrogens with zero attached hydrogens (tertiary/aromatic N) is 2. The summed E-state index contributed by atoms with van der Waals surface area (Å²) in [6.45, 7) is 4.50. The van der Waals surface area contributed by atoms with Gasteiger partial charge in [-0.1, -0.05) is 32.1 Å². The fourth-order valence-corrected chi connectivity index (χ4v) is 3.86. The maximum atomic E-state index is 12.3. The molecule has 0 unspecified atom stereocenters. The molecule has 2 amide bonds. The van der Waals surface area contributed by atoms with E-state index in [4.69, 9.17) is 0 Å². The lowest BCUT2D eigenvalue weighted by Gasteiger charge is -2.38. The van der Waals surface area contributed by atoms with Crippen LogP contribution < -0.4 is 5.32 Å². The minimum atomic E-state index is 0. The topological polar surface area (TPSA) is 52.7 Å². The first-order chi connectivity index (χ1) is 10.7. The maximum absolute atomic E-state index is 12.3. The summed E-state index contributed by atoms with van der Waals surface area (Å²) in [6.07, 6.45) is 8.44. The molecule has 132 valence electrons. The maximum Gasteiger partial charge on any atom is 0.228 e. The van der Waals surface area contributed by atoms with Gasteiger partial charge in [-0.25, -0.2) is 0 Å². The van der Waals surface area contributed by atoms with Gasteiger partial charge in [0.25, 0.3) is 0 Å². The lowest BCUT2D eigenvalue weighted by atomic mass is 9.86. The van der Waals surface area contributed by atoms with Gasteiger partial charge in [-0.2, -0.15) is 0 Å². The Morgan fingerprint density at radius 2 is 1.52 bits per heavy atom. The summed E-state index contributed by atoms with van der Waals surface area (Å²) < 4.78 is 0. The van der Waals surface area contributed by atoms with Crippen LogP contribution in [-0.4, -0.2) is 60.9 Å². The Kier molecular flexibility index (Phi) is 7.15. The molecule has 1 aliphatic carbocycles. The Balaban J connectivity index is 0.00000192. The van der Waals surface area contributed by atoms with E-state index >= 15 is 0 Å². The standard InChI is InChI=1S/C17H29N3O2.ClH/c21-16(7-6-14-4-2-1-3-5-14)19-8-10-20(11-9-19)17(22)15-12-18-13-15;/h14-15,18H,1-13H2;1H. The molecule has 23 heavy (non-hydrogen) atoms. The van der Waals surface area contributed by atoms with E-state index in [1.165, 1.54) is 32.1 Å². The molecule has 3 fully saturated rings. The van der Waals surface area contributed by atoms with Crippen molar-refractivity contribution in [2.45, 2.75) is 44.9 Å². The molecule has 0 aromatic carbocycles. The second-order valence-corrected chi connectivity index (χ2v) is 7.10. The summed E-state index contributed by atoms with van der Waals surface area (Å²) in [6, 6.07) is 0. The number of hydrogen-bond donors (Lipinski definition) is 1. The van der Waals surface area contributed by atoms with Crippen molar-refractivity contribution >= 4 is 24.2 Å². The average molecular weight is 344 g/mol. The molecule has 0 aromatic rings. The predicted molar refractivity (Wildman–Crippen MR) is 92.6 cm³/mol. The molecule has 0 radical (unpaired) electrons. The van der Waals surface area contributed by atoms with Crippen LogP contribution in [0.15, 0.2) is 0 Å². The normalized spacial score (nSPS) is 23.1. The van der Waals surface area contributed by atoms with Crippen LogP contribution >= 0.6 is 12.4 Å². The van der Waals surface area contributed by atoms with E-state index < -0.39 is 0 Å². The second-order valence-electron chi connectivity index (χ2n) is 7.10. The van der Waals surface area contributed by atoms with Crippen molar-refractivity contribution in [2.24, 2.45) is 11.8 Å². The van der Waals surface area contributed by atoms with Gasteiger partial charge in [-0.3, -0.25) is 9.59 Å². The largest absolute Gasteiger partial charge is 0.339 e. The van der Waals surface area contributed by atoms with E-state index in [9.17, 15) is 9.59 Å². The van der Waals surface area contributed by atoms with Crippen LogP contribution in [0.2, 0.25) is 0 Å². The molecule has 2 saturated heterocycles. The predicted octanol–water partition coefficient (Wildman–Crippen LogP) is 1.66. The smallest absolute Gasteiger partial charge is 0.228 e. The second kappa shape index (κ2) is 8.88. The van der Waals surface area contributed by atoms with Gasteiger partial charge in [0.15, 0.2) is 0 Å². The Bertz CT molecular complexity index is 401. The highest BCUT2D eigenvalue weighted by Crippen LogP contribution is 2.27. The molecule has 0 atom stereocenters. The first kappa shape index (κ1) is 18.5. The zero-order chi connectivity index (χ0) is 15.4. The molecule has 5 nitrogen and oxygen atoms in total. The lowest BCUT2D eigenvalue weighted by molar-refractivity contribution is -0.143. The SMILES string of the molecule is Cl.O=C(CCC1CCCCC1)N1CCN(C(=O)C2CNC2)CC1. The van der Waals surface area contributed by atoms with Crippen molar-refractivity contribution < 1.29 is 9.59 Å². The minimum absolute atomic E-state index is 0. The summed E-state index contributed by atoms with van der Waals surface area (Å²) in [5.74, 6) is 1.51. The van der Waals surface area contributed by atoms with E-state index in [0.717, 1.165) is 38.5 Å². The van der Waals surface area contributed by atoms with Gasteiger partial charge in [-0.05, 0) is 12.3 Å². The van der Waals surface area contributed by atoms with Gasteiger partial charge in [0.1, 0.15) is 0 Å². The number of carbonyl (C=O) groups excluding carboxylic acids is 2. The Hall–Kier alpha value is -0.810. The Morgan fingerprint density at radius 3 is 2.09 bits per heavy atom. The van der Waals surface area contributed by atoms with Gasteiger partial charge in [0, 0.05) is 45.7 Å². The molecule has 6 heteroatoms. The van der Waals surface area contributed by atoms with Crippen molar-refractivity contribution in [3.63, 3.8) is 0 Å². The first-order valence-electron chi connectivity index (χ1n) is 9.01. The van der Waals surface area contributed by atoms with Crippen molar-refractivity contribution in [3.8, 4) is 0 Å². The van der Waals surface area contributed by atoms with Crippen molar-refractivity contribution in [3.05, 3.63) is 0 Å². The molecule has 0 spiro atoms. The molecule has 3 rings (SSSR count). The van der Waals surface area contributed by atoms with Gasteiger partial charge in [0.2, 0.25) is 11.8 Å². The zero-order valence-electron chi connectivity index (χ0n) is 14.0. The van der Waals surface area contributed by atoms with Crippen LogP contribution in [0, 0.1) is 11.8 Å². The summed E-state index contributed by atoms with van der Waals surface area (Å²) in [5, 5.41) is 3.14. The molecule has 1 saturated carbocycles. The fourth-order valence-electron chi connectivity index (χ4n) is 3.86. The zero-order valence-corrected chi connectivity index (χ0v) is 14.8. The van der Waals surface area contributed by atoms with Gasteiger partial charge in [0.05, 0.1) is 5.92 Å². The highest BCUT2D eigenvalue weighted by Gasteiger charge is 2.31. The van der Waals surface area contributed by atoms with Crippen molar-refractivity contribution in [2.75, 3.05) is 39.3 Å². The third-order valence-electron chi connectivity index (χ3n) is 5.57. The minimum Gasteiger partial charge on any atom is -0.339 e. The van der Waals surface area contributed by atoms with Crippen LogP contribution in [0.3, 0.4) is 0 Å². The number of carbonyl (C=O) groups is 2. The number of nitrogens with one attached hydrogen (secondary N) is 1. The van der Waals surface area contributed by atoms with E-state index in [0.29, 0.717) is 25.4 Å². The third-order valence-corrected chi connectivity index (χ3v) is 5.57. The van der Waals surface area contributed by atoms with Gasteiger partial charge < -0.3 is 15.1 Å². The van der Waals surface area contributed by atoms with E-state index in [-0.39, 0.29) is 24.2 Å². The van der Waals surface area contributed by atoms with Crippen LogP contribution in [-0.2, 0) is 9.59 Å². The summed E-state index contributed by atoms with van der Waals surface area (Å²) in [4.78, 5) is 28.4. The summed E-state index contributed by atoms with van der Waals surface area (Å²) >= 11 is 0. The Labute approximate surface area is 145 Å². The lowest BCUT2D eigenvalue weighted by Crippen LogP contribution is -2.57. The highest BCUT2D eigenvalue weighted by atomic mass is 35.5. The molecule has 0 bridgehead atoms. The van der Waals surface area contributed by atoms with Crippen LogP contribution in [0.1, 0.15) is 44.9 Å². The number of rotatable bonds is 4. The highest BCUT2D eigenvalue weighted by molar-refractivity contribution is 5.85. The number of hydrogen-bond acceptors (Lipinski definition) is 3. The molecular formula is C17H30ClN3O2. The first-order valence-corrected chi connectivity index (χ1v) is 9.01. The van der Waals surface area contributed by atoms with E-state index in [1.807, 2.05) is 9.80 Å². The number of piperazine rings is 1. The average Bonchev–Trinajstić information content (AvgIpc) is 2.52. The molecule has 0 aromatic heterocycles. The van der Waals surface area contributed by atoms with Crippen LogP contribution in [0.25, 0.3) is 0 Å². The quantitative estimate of drug-likeness (QED) is 0.844. The van der Waals surface area contributed by atoms with Crippen LogP contribution in [0.5, 0.6) is 0 Å². The molecule has 2 aliphatic heterocycles. The fraction of sp³-hybridized carbons (Fsp3) is 0.882. The van der Waals surface area contributed by atoms with E-state index in [2.05, 4.69) is 5.32 Å². The van der Waals surface area contributed by atoms with Crippen LogP contribution in [0.4, 0.5) is 0 Å². The number of amides is 2. The van der Waals surface area contributed by atoms with E-state index in [1.54, 1.807) is 0 Å². The van der Waals surface area contributed by atoms with Gasteiger partial charge >= 0.3 is 0 Å². The Morgan fingerprint density at radius 1 is 0.913 bits per heavy atom. The summed E-state index contributed by atoms with van der Waals surface area (Å²) in [5.41, 5.74) is 0. The summed E-state index contributed by atoms with van der Waals surface area (Å²) in [7, 11) is 0. The number of halogens is 1. The van der Waals surface area contributed by atoms with Gasteiger partial charge in [-0.15, -0.1) is 12.4 Å². The molecular weight excluding hydrogens is 314 g/mol. The molecule has 3 aliphatic rings. The molecule has 1 N–H and O–H groups in total.